The molecule has 1 N–H and O–H groups in total. The average Bonchev–Trinajstić information content (AvgIpc) is 2.39. The quantitative estimate of drug-likeness (QED) is 0.835. The summed E-state index contributed by atoms with van der Waals surface area (Å²) in [5, 5.41) is 0. The smallest absolute Gasteiger partial charge is 0.202 e. The SMILES string of the molecule is CC[C@@H](CNS(=O)(=O)N(C)C(C)C)c1ccccc1. The summed E-state index contributed by atoms with van der Waals surface area (Å²) < 4.78 is 28.1. The molecule has 0 aromatic heterocycles. The van der Waals surface area contributed by atoms with Crippen LogP contribution in [0.2, 0.25) is 0 Å². The number of benzene rings is 1. The van der Waals surface area contributed by atoms with Crippen molar-refractivity contribution in [2.45, 2.75) is 39.2 Å². The fourth-order valence-electron chi connectivity index (χ4n) is 1.81. The van der Waals surface area contributed by atoms with Crippen molar-refractivity contribution in [2.75, 3.05) is 13.6 Å². The van der Waals surface area contributed by atoms with Gasteiger partial charge in [-0.3, -0.25) is 0 Å². The molecule has 0 bridgehead atoms. The lowest BCUT2D eigenvalue weighted by atomic mass is 9.97. The molecule has 1 atom stereocenters. The van der Waals surface area contributed by atoms with Gasteiger partial charge in [0.25, 0.3) is 10.2 Å². The van der Waals surface area contributed by atoms with Crippen LogP contribution >= 0.6 is 0 Å². The van der Waals surface area contributed by atoms with E-state index in [4.69, 9.17) is 0 Å². The zero-order chi connectivity index (χ0) is 14.5. The normalized spacial score (nSPS) is 14.0. The molecule has 0 aliphatic heterocycles. The molecule has 0 heterocycles. The first-order chi connectivity index (χ1) is 8.88. The lowest BCUT2D eigenvalue weighted by molar-refractivity contribution is 0.400. The van der Waals surface area contributed by atoms with Crippen molar-refractivity contribution < 1.29 is 8.42 Å². The zero-order valence-corrected chi connectivity index (χ0v) is 12.9. The van der Waals surface area contributed by atoms with Gasteiger partial charge in [-0.15, -0.1) is 0 Å². The minimum Gasteiger partial charge on any atom is -0.202 e. The Kier molecular flexibility index (Phi) is 5.97. The molecule has 108 valence electrons. The molecule has 4 nitrogen and oxygen atoms in total. The first-order valence-corrected chi connectivity index (χ1v) is 8.10. The van der Waals surface area contributed by atoms with Crippen LogP contribution in [0.4, 0.5) is 0 Å². The van der Waals surface area contributed by atoms with Crippen LogP contribution < -0.4 is 4.72 Å². The molecule has 0 aliphatic rings. The zero-order valence-electron chi connectivity index (χ0n) is 12.1. The highest BCUT2D eigenvalue weighted by atomic mass is 32.2. The summed E-state index contributed by atoms with van der Waals surface area (Å²) >= 11 is 0. The van der Waals surface area contributed by atoms with E-state index in [0.29, 0.717) is 6.54 Å². The van der Waals surface area contributed by atoms with Crippen LogP contribution in [-0.2, 0) is 10.2 Å². The summed E-state index contributed by atoms with van der Waals surface area (Å²) in [6.45, 7) is 6.21. The molecule has 0 saturated carbocycles. The third-order valence-electron chi connectivity index (χ3n) is 3.38. The summed E-state index contributed by atoms with van der Waals surface area (Å²) in [5.41, 5.74) is 1.17. The van der Waals surface area contributed by atoms with Crippen molar-refractivity contribution in [3.8, 4) is 0 Å². The second-order valence-corrected chi connectivity index (χ2v) is 6.79. The van der Waals surface area contributed by atoms with Gasteiger partial charge < -0.3 is 0 Å². The van der Waals surface area contributed by atoms with Crippen LogP contribution in [0.15, 0.2) is 30.3 Å². The maximum atomic E-state index is 12.0. The van der Waals surface area contributed by atoms with Crippen molar-refractivity contribution in [3.63, 3.8) is 0 Å². The Morgan fingerprint density at radius 1 is 1.21 bits per heavy atom. The largest absolute Gasteiger partial charge is 0.279 e. The molecule has 19 heavy (non-hydrogen) atoms. The minimum absolute atomic E-state index is 0.0469. The fraction of sp³-hybridized carbons (Fsp3) is 0.571. The summed E-state index contributed by atoms with van der Waals surface area (Å²) in [6, 6.07) is 9.95. The van der Waals surface area contributed by atoms with Gasteiger partial charge in [0.2, 0.25) is 0 Å². The number of nitrogens with one attached hydrogen (secondary N) is 1. The third kappa shape index (κ3) is 4.60. The van der Waals surface area contributed by atoms with Crippen LogP contribution in [0.5, 0.6) is 0 Å². The van der Waals surface area contributed by atoms with Crippen LogP contribution in [0.25, 0.3) is 0 Å². The van der Waals surface area contributed by atoms with Crippen molar-refractivity contribution in [3.05, 3.63) is 35.9 Å². The summed E-state index contributed by atoms with van der Waals surface area (Å²) in [5.74, 6) is 0.205. The van der Waals surface area contributed by atoms with Gasteiger partial charge in [-0.2, -0.15) is 12.7 Å². The van der Waals surface area contributed by atoms with Gasteiger partial charge in [-0.05, 0) is 31.7 Å². The Balaban J connectivity index is 2.69. The van der Waals surface area contributed by atoms with Crippen molar-refractivity contribution >= 4 is 10.2 Å². The molecule has 0 saturated heterocycles. The lowest BCUT2D eigenvalue weighted by Crippen LogP contribution is -2.43. The number of hydrogen-bond donors (Lipinski definition) is 1. The molecule has 0 spiro atoms. The Labute approximate surface area is 117 Å². The van der Waals surface area contributed by atoms with E-state index >= 15 is 0 Å². The van der Waals surface area contributed by atoms with Crippen molar-refractivity contribution in [2.24, 2.45) is 0 Å². The lowest BCUT2D eigenvalue weighted by Gasteiger charge is -2.23. The minimum atomic E-state index is -3.39. The predicted molar refractivity (Wildman–Crippen MR) is 79.3 cm³/mol. The van der Waals surface area contributed by atoms with Gasteiger partial charge in [0, 0.05) is 19.6 Å². The van der Waals surface area contributed by atoms with Gasteiger partial charge in [0.15, 0.2) is 0 Å². The Hall–Kier alpha value is -0.910. The Morgan fingerprint density at radius 2 is 1.79 bits per heavy atom. The number of nitrogens with zero attached hydrogens (tertiary/aromatic N) is 1. The second-order valence-electron chi connectivity index (χ2n) is 4.98. The van der Waals surface area contributed by atoms with Gasteiger partial charge in [-0.1, -0.05) is 37.3 Å². The monoisotopic (exact) mass is 284 g/mol. The van der Waals surface area contributed by atoms with E-state index in [0.717, 1.165) is 6.42 Å². The van der Waals surface area contributed by atoms with E-state index in [9.17, 15) is 8.42 Å². The molecule has 0 radical (unpaired) electrons. The van der Waals surface area contributed by atoms with Crippen LogP contribution in [0, 0.1) is 0 Å². The van der Waals surface area contributed by atoms with Gasteiger partial charge in [0.1, 0.15) is 0 Å². The van der Waals surface area contributed by atoms with E-state index in [2.05, 4.69) is 11.6 Å². The van der Waals surface area contributed by atoms with Gasteiger partial charge >= 0.3 is 0 Å². The van der Waals surface area contributed by atoms with Crippen molar-refractivity contribution in [1.29, 1.82) is 0 Å². The fourth-order valence-corrected chi connectivity index (χ4v) is 2.98. The second kappa shape index (κ2) is 7.03. The first-order valence-electron chi connectivity index (χ1n) is 6.66. The van der Waals surface area contributed by atoms with Crippen LogP contribution in [-0.4, -0.2) is 32.4 Å². The maximum absolute atomic E-state index is 12.0. The molecular weight excluding hydrogens is 260 g/mol. The molecule has 5 heteroatoms. The van der Waals surface area contributed by atoms with Gasteiger partial charge in [0.05, 0.1) is 0 Å². The molecule has 1 aromatic rings. The summed E-state index contributed by atoms with van der Waals surface area (Å²) in [6.07, 6.45) is 0.901. The maximum Gasteiger partial charge on any atom is 0.279 e. The summed E-state index contributed by atoms with van der Waals surface area (Å²) in [4.78, 5) is 0. The molecule has 0 aliphatic carbocycles. The first kappa shape index (κ1) is 16.1. The van der Waals surface area contributed by atoms with E-state index in [1.165, 1.54) is 9.87 Å². The standard InChI is InChI=1S/C14H24N2O2S/c1-5-13(14-9-7-6-8-10-14)11-15-19(17,18)16(4)12(2)3/h6-10,12-13,15H,5,11H2,1-4H3/t13-/m0/s1. The Morgan fingerprint density at radius 3 is 2.26 bits per heavy atom. The van der Waals surface area contributed by atoms with Gasteiger partial charge in [-0.25, -0.2) is 4.72 Å². The highest BCUT2D eigenvalue weighted by Crippen LogP contribution is 2.18. The summed E-state index contributed by atoms with van der Waals surface area (Å²) in [7, 11) is -1.80. The van der Waals surface area contributed by atoms with E-state index in [1.807, 2.05) is 44.2 Å². The topological polar surface area (TPSA) is 49.4 Å². The van der Waals surface area contributed by atoms with Crippen LogP contribution in [0.1, 0.15) is 38.7 Å². The highest BCUT2D eigenvalue weighted by molar-refractivity contribution is 7.87. The molecule has 0 amide bonds. The Bertz CT molecular complexity index is 471. The van der Waals surface area contributed by atoms with E-state index < -0.39 is 10.2 Å². The average molecular weight is 284 g/mol. The molecule has 1 aromatic carbocycles. The van der Waals surface area contributed by atoms with Crippen LogP contribution in [0.3, 0.4) is 0 Å². The molecule has 1 rings (SSSR count). The molecule has 0 fully saturated rings. The predicted octanol–water partition coefficient (Wildman–Crippen LogP) is 2.35. The molecular formula is C14H24N2O2S. The third-order valence-corrected chi connectivity index (χ3v) is 5.09. The number of rotatable bonds is 7. The highest BCUT2D eigenvalue weighted by Gasteiger charge is 2.21. The molecule has 0 unspecified atom stereocenters. The van der Waals surface area contributed by atoms with Crippen molar-refractivity contribution in [1.82, 2.24) is 9.03 Å². The van der Waals surface area contributed by atoms with E-state index in [-0.39, 0.29) is 12.0 Å². The number of hydrogen-bond acceptors (Lipinski definition) is 2. The van der Waals surface area contributed by atoms with E-state index in [1.54, 1.807) is 7.05 Å².